The number of hydrogen-bond acceptors (Lipinski definition) is 5. The molecule has 6 nitrogen and oxygen atoms in total. The smallest absolute Gasteiger partial charge is 0.238 e. The Balaban J connectivity index is 1.90. The van der Waals surface area contributed by atoms with Crippen LogP contribution >= 0.6 is 0 Å². The first-order chi connectivity index (χ1) is 9.94. The van der Waals surface area contributed by atoms with Crippen molar-refractivity contribution in [2.75, 3.05) is 24.6 Å². The van der Waals surface area contributed by atoms with Crippen LogP contribution < -0.4 is 11.1 Å². The zero-order valence-corrected chi connectivity index (χ0v) is 12.5. The maximum atomic E-state index is 12.0. The minimum atomic E-state index is -0.0913. The average Bonchev–Trinajstić information content (AvgIpc) is 2.79. The second-order valence-corrected chi connectivity index (χ2v) is 5.22. The number of rotatable bonds is 5. The van der Waals surface area contributed by atoms with E-state index in [-0.39, 0.29) is 12.5 Å². The van der Waals surface area contributed by atoms with E-state index in [9.17, 15) is 4.79 Å². The molecule has 0 saturated carbocycles. The predicted octanol–water partition coefficient (Wildman–Crippen LogP) is 1.94. The molecular formula is C15H20N4O2. The first kappa shape index (κ1) is 15.1. The molecule has 112 valence electrons. The molecule has 0 aliphatic carbocycles. The molecule has 21 heavy (non-hydrogen) atoms. The molecule has 2 rings (SSSR count). The largest absolute Gasteiger partial charge is 0.399 e. The van der Waals surface area contributed by atoms with Crippen molar-refractivity contribution < 1.29 is 9.32 Å². The Morgan fingerprint density at radius 1 is 1.38 bits per heavy atom. The molecule has 0 aliphatic heterocycles. The number of aromatic nitrogens is 1. The summed E-state index contributed by atoms with van der Waals surface area (Å²) in [6.07, 6.45) is 0. The highest BCUT2D eigenvalue weighted by Gasteiger charge is 2.11. The lowest BCUT2D eigenvalue weighted by Crippen LogP contribution is -2.30. The second kappa shape index (κ2) is 6.41. The summed E-state index contributed by atoms with van der Waals surface area (Å²) in [5.74, 6) is 0.671. The minimum absolute atomic E-state index is 0.0913. The van der Waals surface area contributed by atoms with Crippen LogP contribution in [0, 0.1) is 13.8 Å². The van der Waals surface area contributed by atoms with E-state index in [2.05, 4.69) is 10.5 Å². The van der Waals surface area contributed by atoms with Crippen LogP contribution in [0.4, 0.5) is 11.4 Å². The van der Waals surface area contributed by atoms with Gasteiger partial charge in [0.2, 0.25) is 5.91 Å². The van der Waals surface area contributed by atoms with E-state index in [0.29, 0.717) is 12.2 Å². The number of carbonyl (C=O) groups excluding carboxylic acids is 1. The molecule has 0 saturated heterocycles. The van der Waals surface area contributed by atoms with E-state index in [1.54, 1.807) is 6.07 Å². The summed E-state index contributed by atoms with van der Waals surface area (Å²) in [6, 6.07) is 7.31. The SMILES string of the molecule is Cc1cc(CN(C)CC(=O)Nc2cc(N)ccc2C)no1. The number of anilines is 2. The Hall–Kier alpha value is -2.34. The van der Waals surface area contributed by atoms with Crippen molar-refractivity contribution in [1.29, 1.82) is 0 Å². The number of nitrogen functional groups attached to an aromatic ring is 1. The number of nitrogens with zero attached hydrogens (tertiary/aromatic N) is 2. The van der Waals surface area contributed by atoms with Gasteiger partial charge in [-0.3, -0.25) is 9.69 Å². The van der Waals surface area contributed by atoms with Gasteiger partial charge < -0.3 is 15.6 Å². The van der Waals surface area contributed by atoms with Gasteiger partial charge >= 0.3 is 0 Å². The van der Waals surface area contributed by atoms with Crippen LogP contribution in [0.15, 0.2) is 28.8 Å². The second-order valence-electron chi connectivity index (χ2n) is 5.22. The fourth-order valence-electron chi connectivity index (χ4n) is 2.03. The number of amides is 1. The third kappa shape index (κ3) is 4.32. The van der Waals surface area contributed by atoms with Crippen LogP contribution in [-0.2, 0) is 11.3 Å². The van der Waals surface area contributed by atoms with Crippen LogP contribution in [0.3, 0.4) is 0 Å². The number of benzene rings is 1. The molecule has 0 radical (unpaired) electrons. The topological polar surface area (TPSA) is 84.4 Å². The van der Waals surface area contributed by atoms with E-state index in [4.69, 9.17) is 10.3 Å². The Bertz CT molecular complexity index is 636. The van der Waals surface area contributed by atoms with E-state index in [1.807, 2.05) is 44.0 Å². The lowest BCUT2D eigenvalue weighted by Gasteiger charge is -2.15. The first-order valence-electron chi connectivity index (χ1n) is 6.71. The lowest BCUT2D eigenvalue weighted by molar-refractivity contribution is -0.117. The highest BCUT2D eigenvalue weighted by molar-refractivity contribution is 5.93. The Morgan fingerprint density at radius 2 is 2.14 bits per heavy atom. The van der Waals surface area contributed by atoms with Crippen molar-refractivity contribution in [2.45, 2.75) is 20.4 Å². The maximum Gasteiger partial charge on any atom is 0.238 e. The van der Waals surface area contributed by atoms with Gasteiger partial charge in [-0.2, -0.15) is 0 Å². The number of hydrogen-bond donors (Lipinski definition) is 2. The summed E-state index contributed by atoms with van der Waals surface area (Å²) in [4.78, 5) is 13.9. The zero-order valence-electron chi connectivity index (χ0n) is 12.5. The molecule has 1 aromatic carbocycles. The molecule has 0 unspecified atom stereocenters. The van der Waals surface area contributed by atoms with Gasteiger partial charge in [0.1, 0.15) is 5.76 Å². The van der Waals surface area contributed by atoms with E-state index in [0.717, 1.165) is 22.7 Å². The summed E-state index contributed by atoms with van der Waals surface area (Å²) in [7, 11) is 1.86. The normalized spacial score (nSPS) is 10.9. The van der Waals surface area contributed by atoms with Crippen LogP contribution in [0.1, 0.15) is 17.0 Å². The van der Waals surface area contributed by atoms with Crippen molar-refractivity contribution in [1.82, 2.24) is 10.1 Å². The van der Waals surface area contributed by atoms with Crippen molar-refractivity contribution in [3.05, 3.63) is 41.3 Å². The molecule has 1 heterocycles. The quantitative estimate of drug-likeness (QED) is 0.821. The highest BCUT2D eigenvalue weighted by atomic mass is 16.5. The molecule has 6 heteroatoms. The van der Waals surface area contributed by atoms with Gasteiger partial charge in [-0.15, -0.1) is 0 Å². The molecule has 0 spiro atoms. The summed E-state index contributed by atoms with van der Waals surface area (Å²) >= 11 is 0. The number of nitrogens with one attached hydrogen (secondary N) is 1. The van der Waals surface area contributed by atoms with Crippen molar-refractivity contribution in [2.24, 2.45) is 0 Å². The van der Waals surface area contributed by atoms with Crippen molar-refractivity contribution in [3.63, 3.8) is 0 Å². The Morgan fingerprint density at radius 3 is 2.81 bits per heavy atom. The van der Waals surface area contributed by atoms with Gasteiger partial charge in [0.05, 0.1) is 12.2 Å². The number of nitrogens with two attached hydrogens (primary N) is 1. The third-order valence-electron chi connectivity index (χ3n) is 3.06. The fraction of sp³-hybridized carbons (Fsp3) is 0.333. The lowest BCUT2D eigenvalue weighted by atomic mass is 10.2. The van der Waals surface area contributed by atoms with Gasteiger partial charge in [-0.05, 0) is 38.6 Å². The molecule has 1 aromatic heterocycles. The van der Waals surface area contributed by atoms with Gasteiger partial charge in [-0.25, -0.2) is 0 Å². The van der Waals surface area contributed by atoms with Crippen LogP contribution in [0.2, 0.25) is 0 Å². The molecular weight excluding hydrogens is 268 g/mol. The number of carbonyl (C=O) groups is 1. The predicted molar refractivity (Wildman–Crippen MR) is 81.8 cm³/mol. The number of likely N-dealkylation sites (N-methyl/N-ethyl adjacent to an activating group) is 1. The van der Waals surface area contributed by atoms with Gasteiger partial charge in [-0.1, -0.05) is 11.2 Å². The van der Waals surface area contributed by atoms with Gasteiger partial charge in [0, 0.05) is 24.0 Å². The Kier molecular flexibility index (Phi) is 4.59. The molecule has 3 N–H and O–H groups in total. The Labute approximate surface area is 123 Å². The molecule has 0 bridgehead atoms. The molecule has 0 fully saturated rings. The van der Waals surface area contributed by atoms with Crippen molar-refractivity contribution >= 4 is 17.3 Å². The van der Waals surface area contributed by atoms with Crippen LogP contribution in [-0.4, -0.2) is 29.6 Å². The maximum absolute atomic E-state index is 12.0. The van der Waals surface area contributed by atoms with Crippen LogP contribution in [0.5, 0.6) is 0 Å². The summed E-state index contributed by atoms with van der Waals surface area (Å²) < 4.78 is 5.00. The first-order valence-corrected chi connectivity index (χ1v) is 6.71. The number of aryl methyl sites for hydroxylation is 2. The molecule has 2 aromatic rings. The summed E-state index contributed by atoms with van der Waals surface area (Å²) in [5, 5.41) is 6.78. The third-order valence-corrected chi connectivity index (χ3v) is 3.06. The standard InChI is InChI=1S/C15H20N4O2/c1-10-4-5-12(16)7-14(10)17-15(20)9-19(3)8-13-6-11(2)21-18-13/h4-7H,8-9,16H2,1-3H3,(H,17,20). The zero-order chi connectivity index (χ0) is 15.4. The van der Waals surface area contributed by atoms with Gasteiger partial charge in [0.25, 0.3) is 0 Å². The summed E-state index contributed by atoms with van der Waals surface area (Å²) in [5.41, 5.74) is 8.88. The summed E-state index contributed by atoms with van der Waals surface area (Å²) in [6.45, 7) is 4.59. The average molecular weight is 288 g/mol. The molecule has 0 aliphatic rings. The molecule has 0 atom stereocenters. The van der Waals surface area contributed by atoms with Gasteiger partial charge in [0.15, 0.2) is 0 Å². The highest BCUT2D eigenvalue weighted by Crippen LogP contribution is 2.18. The van der Waals surface area contributed by atoms with Crippen molar-refractivity contribution in [3.8, 4) is 0 Å². The van der Waals surface area contributed by atoms with E-state index < -0.39 is 0 Å². The van der Waals surface area contributed by atoms with E-state index >= 15 is 0 Å². The van der Waals surface area contributed by atoms with E-state index in [1.165, 1.54) is 0 Å². The molecule has 1 amide bonds. The monoisotopic (exact) mass is 288 g/mol. The fourth-order valence-corrected chi connectivity index (χ4v) is 2.03. The van der Waals surface area contributed by atoms with Crippen LogP contribution in [0.25, 0.3) is 0 Å². The minimum Gasteiger partial charge on any atom is -0.399 e.